The molecule has 0 aliphatic carbocycles. The van der Waals surface area contributed by atoms with Gasteiger partial charge in [0, 0.05) is 39.0 Å². The number of benzene rings is 1. The minimum absolute atomic E-state index is 1.09. The fraction of sp³-hybridized carbons (Fsp3) is 0. The molecule has 2 heterocycles. The SMILES string of the molecule is Brc1ccc2cc(-c3ccncc3)[nH]c2c1. The van der Waals surface area contributed by atoms with E-state index in [1.54, 1.807) is 12.4 Å². The molecule has 0 aliphatic rings. The van der Waals surface area contributed by atoms with E-state index < -0.39 is 0 Å². The van der Waals surface area contributed by atoms with Crippen molar-refractivity contribution in [2.75, 3.05) is 0 Å². The van der Waals surface area contributed by atoms with Crippen LogP contribution in [0, 0.1) is 0 Å². The monoisotopic (exact) mass is 272 g/mol. The minimum atomic E-state index is 1.09. The average Bonchev–Trinajstić information content (AvgIpc) is 2.73. The maximum Gasteiger partial charge on any atom is 0.0470 e. The average molecular weight is 273 g/mol. The van der Waals surface area contributed by atoms with E-state index in [-0.39, 0.29) is 0 Å². The maximum absolute atomic E-state index is 4.02. The molecule has 0 radical (unpaired) electrons. The highest BCUT2D eigenvalue weighted by Gasteiger charge is 2.02. The molecule has 0 unspecified atom stereocenters. The van der Waals surface area contributed by atoms with Crippen molar-refractivity contribution in [3.05, 3.63) is 53.3 Å². The number of H-pyrrole nitrogens is 1. The highest BCUT2D eigenvalue weighted by Crippen LogP contribution is 2.25. The molecular formula is C13H9BrN2. The first kappa shape index (κ1) is 9.60. The normalized spacial score (nSPS) is 10.8. The van der Waals surface area contributed by atoms with Crippen LogP contribution in [0.3, 0.4) is 0 Å². The van der Waals surface area contributed by atoms with Gasteiger partial charge in [-0.2, -0.15) is 0 Å². The lowest BCUT2D eigenvalue weighted by Gasteiger charge is -1.94. The number of aromatic amines is 1. The summed E-state index contributed by atoms with van der Waals surface area (Å²) in [6.45, 7) is 0. The van der Waals surface area contributed by atoms with Gasteiger partial charge in [-0.05, 0) is 30.3 Å². The number of rotatable bonds is 1. The Labute approximate surface area is 101 Å². The molecule has 1 N–H and O–H groups in total. The van der Waals surface area contributed by atoms with Crippen molar-refractivity contribution >= 4 is 26.8 Å². The molecule has 0 aliphatic heterocycles. The molecule has 0 saturated heterocycles. The van der Waals surface area contributed by atoms with E-state index >= 15 is 0 Å². The molecule has 2 aromatic heterocycles. The quantitative estimate of drug-likeness (QED) is 0.713. The van der Waals surface area contributed by atoms with Crippen molar-refractivity contribution in [2.45, 2.75) is 0 Å². The predicted molar refractivity (Wildman–Crippen MR) is 69.2 cm³/mol. The summed E-state index contributed by atoms with van der Waals surface area (Å²) in [5, 5.41) is 1.22. The Morgan fingerprint density at radius 2 is 1.81 bits per heavy atom. The van der Waals surface area contributed by atoms with Crippen LogP contribution in [0.2, 0.25) is 0 Å². The van der Waals surface area contributed by atoms with Crippen molar-refractivity contribution in [3.8, 4) is 11.3 Å². The number of pyridine rings is 1. The smallest absolute Gasteiger partial charge is 0.0470 e. The number of nitrogens with one attached hydrogen (secondary N) is 1. The van der Waals surface area contributed by atoms with Gasteiger partial charge in [-0.3, -0.25) is 4.98 Å². The molecular weight excluding hydrogens is 264 g/mol. The van der Waals surface area contributed by atoms with E-state index in [0.29, 0.717) is 0 Å². The van der Waals surface area contributed by atoms with Gasteiger partial charge in [0.15, 0.2) is 0 Å². The highest BCUT2D eigenvalue weighted by molar-refractivity contribution is 9.10. The summed E-state index contributed by atoms with van der Waals surface area (Å²) >= 11 is 3.47. The summed E-state index contributed by atoms with van der Waals surface area (Å²) in [4.78, 5) is 7.41. The Morgan fingerprint density at radius 1 is 1.00 bits per heavy atom. The molecule has 0 atom stereocenters. The molecule has 3 rings (SSSR count). The van der Waals surface area contributed by atoms with E-state index in [1.165, 1.54) is 5.39 Å². The molecule has 78 valence electrons. The van der Waals surface area contributed by atoms with E-state index in [9.17, 15) is 0 Å². The van der Waals surface area contributed by atoms with E-state index in [0.717, 1.165) is 21.2 Å². The first-order chi connectivity index (χ1) is 7.83. The summed E-state index contributed by atoms with van der Waals surface area (Å²) in [5.41, 5.74) is 3.42. The number of nitrogens with zero attached hydrogens (tertiary/aromatic N) is 1. The lowest BCUT2D eigenvalue weighted by Crippen LogP contribution is -1.76. The van der Waals surface area contributed by atoms with Gasteiger partial charge in [0.25, 0.3) is 0 Å². The van der Waals surface area contributed by atoms with Crippen LogP contribution >= 0.6 is 15.9 Å². The third-order valence-corrected chi connectivity index (χ3v) is 3.07. The largest absolute Gasteiger partial charge is 0.354 e. The molecule has 16 heavy (non-hydrogen) atoms. The molecule has 3 heteroatoms. The van der Waals surface area contributed by atoms with Gasteiger partial charge in [0.2, 0.25) is 0 Å². The Morgan fingerprint density at radius 3 is 2.62 bits per heavy atom. The Hall–Kier alpha value is -1.61. The van der Waals surface area contributed by atoms with Gasteiger partial charge in [0.1, 0.15) is 0 Å². The summed E-state index contributed by atoms with van der Waals surface area (Å²) < 4.78 is 1.09. The van der Waals surface area contributed by atoms with Crippen LogP contribution in [-0.4, -0.2) is 9.97 Å². The van der Waals surface area contributed by atoms with Crippen molar-refractivity contribution in [2.24, 2.45) is 0 Å². The summed E-state index contributed by atoms with van der Waals surface area (Å²) in [5.74, 6) is 0. The molecule has 1 aromatic carbocycles. The fourth-order valence-corrected chi connectivity index (χ4v) is 2.15. The van der Waals surface area contributed by atoms with Crippen molar-refractivity contribution in [1.29, 1.82) is 0 Å². The van der Waals surface area contributed by atoms with Crippen LogP contribution in [0.15, 0.2) is 53.3 Å². The Balaban J connectivity index is 2.19. The second-order valence-electron chi connectivity index (χ2n) is 3.65. The lowest BCUT2D eigenvalue weighted by atomic mass is 10.2. The maximum atomic E-state index is 4.02. The highest BCUT2D eigenvalue weighted by atomic mass is 79.9. The van der Waals surface area contributed by atoms with Gasteiger partial charge in [-0.25, -0.2) is 0 Å². The topological polar surface area (TPSA) is 28.7 Å². The van der Waals surface area contributed by atoms with E-state index in [4.69, 9.17) is 0 Å². The fourth-order valence-electron chi connectivity index (χ4n) is 1.79. The Kier molecular flexibility index (Phi) is 2.26. The molecule has 0 amide bonds. The third kappa shape index (κ3) is 1.63. The Bertz CT molecular complexity index is 629. The second kappa shape index (κ2) is 3.76. The second-order valence-corrected chi connectivity index (χ2v) is 4.57. The first-order valence-corrected chi connectivity index (χ1v) is 5.81. The molecule has 0 bridgehead atoms. The van der Waals surface area contributed by atoms with Crippen LogP contribution in [0.25, 0.3) is 22.2 Å². The first-order valence-electron chi connectivity index (χ1n) is 5.01. The summed E-state index contributed by atoms with van der Waals surface area (Å²) in [6, 6.07) is 12.4. The molecule has 0 spiro atoms. The zero-order chi connectivity index (χ0) is 11.0. The third-order valence-electron chi connectivity index (χ3n) is 2.58. The molecule has 0 saturated carbocycles. The zero-order valence-electron chi connectivity index (χ0n) is 8.44. The molecule has 0 fully saturated rings. The standard InChI is InChI=1S/C13H9BrN2/c14-11-2-1-10-7-12(16-13(10)8-11)9-3-5-15-6-4-9/h1-8,16H. The zero-order valence-corrected chi connectivity index (χ0v) is 10.0. The van der Waals surface area contributed by atoms with Crippen LogP contribution in [0.4, 0.5) is 0 Å². The molecule has 3 aromatic rings. The van der Waals surface area contributed by atoms with Crippen LogP contribution < -0.4 is 0 Å². The van der Waals surface area contributed by atoms with Crippen LogP contribution in [-0.2, 0) is 0 Å². The van der Waals surface area contributed by atoms with E-state index in [2.05, 4.69) is 44.1 Å². The molecule has 2 nitrogen and oxygen atoms in total. The number of hydrogen-bond donors (Lipinski definition) is 1. The van der Waals surface area contributed by atoms with Crippen LogP contribution in [0.5, 0.6) is 0 Å². The van der Waals surface area contributed by atoms with Crippen molar-refractivity contribution < 1.29 is 0 Å². The lowest BCUT2D eigenvalue weighted by molar-refractivity contribution is 1.32. The van der Waals surface area contributed by atoms with Gasteiger partial charge >= 0.3 is 0 Å². The predicted octanol–water partition coefficient (Wildman–Crippen LogP) is 3.99. The van der Waals surface area contributed by atoms with Gasteiger partial charge in [-0.15, -0.1) is 0 Å². The minimum Gasteiger partial charge on any atom is -0.354 e. The van der Waals surface area contributed by atoms with Crippen molar-refractivity contribution in [3.63, 3.8) is 0 Å². The van der Waals surface area contributed by atoms with Crippen LogP contribution in [0.1, 0.15) is 0 Å². The summed E-state index contributed by atoms with van der Waals surface area (Å²) in [7, 11) is 0. The van der Waals surface area contributed by atoms with Crippen molar-refractivity contribution in [1.82, 2.24) is 9.97 Å². The number of hydrogen-bond acceptors (Lipinski definition) is 1. The van der Waals surface area contributed by atoms with Gasteiger partial charge < -0.3 is 4.98 Å². The van der Waals surface area contributed by atoms with Gasteiger partial charge in [-0.1, -0.05) is 22.0 Å². The number of fused-ring (bicyclic) bond motifs is 1. The van der Waals surface area contributed by atoms with Gasteiger partial charge in [0.05, 0.1) is 0 Å². The summed E-state index contributed by atoms with van der Waals surface area (Å²) in [6.07, 6.45) is 3.60. The number of aromatic nitrogens is 2. The van der Waals surface area contributed by atoms with E-state index in [1.807, 2.05) is 18.2 Å². The number of halogens is 1.